The molecule has 2 atom stereocenters. The molecule has 2 aromatic rings. The SMILES string of the molecule is CCC1c2ccnc(F)c2CC(C)N1C(=O)Nc1ccc(OC2COC2)c(Cl)c1. The molecular weight excluding hydrogens is 397 g/mol. The van der Waals surface area contributed by atoms with Crippen LogP contribution in [0.25, 0.3) is 0 Å². The number of rotatable bonds is 4. The van der Waals surface area contributed by atoms with Crippen molar-refractivity contribution in [3.8, 4) is 5.75 Å². The van der Waals surface area contributed by atoms with Gasteiger partial charge in [0.1, 0.15) is 11.9 Å². The van der Waals surface area contributed by atoms with Crippen molar-refractivity contribution in [1.82, 2.24) is 9.88 Å². The fraction of sp³-hybridized carbons (Fsp3) is 0.429. The van der Waals surface area contributed by atoms with Crippen molar-refractivity contribution in [3.05, 3.63) is 52.6 Å². The van der Waals surface area contributed by atoms with E-state index in [9.17, 15) is 9.18 Å². The first kappa shape index (κ1) is 19.9. The molecule has 4 rings (SSSR count). The lowest BCUT2D eigenvalue weighted by Crippen LogP contribution is -2.48. The van der Waals surface area contributed by atoms with E-state index in [4.69, 9.17) is 21.1 Å². The molecule has 2 unspecified atom stereocenters. The number of urea groups is 1. The van der Waals surface area contributed by atoms with Gasteiger partial charge in [-0.05, 0) is 49.6 Å². The zero-order chi connectivity index (χ0) is 20.5. The van der Waals surface area contributed by atoms with Gasteiger partial charge in [-0.3, -0.25) is 0 Å². The van der Waals surface area contributed by atoms with Crippen molar-refractivity contribution in [3.63, 3.8) is 0 Å². The third-order valence-corrected chi connectivity index (χ3v) is 5.71. The molecule has 0 saturated carbocycles. The van der Waals surface area contributed by atoms with Crippen molar-refractivity contribution in [2.24, 2.45) is 0 Å². The highest BCUT2D eigenvalue weighted by molar-refractivity contribution is 6.32. The number of nitrogens with one attached hydrogen (secondary N) is 1. The summed E-state index contributed by atoms with van der Waals surface area (Å²) < 4.78 is 25.0. The van der Waals surface area contributed by atoms with E-state index >= 15 is 0 Å². The summed E-state index contributed by atoms with van der Waals surface area (Å²) in [6, 6.07) is 6.33. The van der Waals surface area contributed by atoms with Crippen molar-refractivity contribution >= 4 is 23.3 Å². The van der Waals surface area contributed by atoms with Crippen LogP contribution in [0.2, 0.25) is 5.02 Å². The number of aromatic nitrogens is 1. The van der Waals surface area contributed by atoms with Crippen LogP contribution < -0.4 is 10.1 Å². The van der Waals surface area contributed by atoms with Crippen molar-refractivity contribution < 1.29 is 18.7 Å². The molecule has 1 aromatic carbocycles. The van der Waals surface area contributed by atoms with E-state index in [1.165, 1.54) is 6.20 Å². The number of amides is 2. The number of ether oxygens (including phenoxy) is 2. The summed E-state index contributed by atoms with van der Waals surface area (Å²) in [4.78, 5) is 18.6. The van der Waals surface area contributed by atoms with Gasteiger partial charge in [-0.2, -0.15) is 4.39 Å². The van der Waals surface area contributed by atoms with Crippen LogP contribution in [0, 0.1) is 5.95 Å². The number of nitrogens with zero attached hydrogens (tertiary/aromatic N) is 2. The highest BCUT2D eigenvalue weighted by Gasteiger charge is 2.36. The first-order chi connectivity index (χ1) is 14.0. The van der Waals surface area contributed by atoms with Crippen molar-refractivity contribution in [2.75, 3.05) is 18.5 Å². The molecule has 1 fully saturated rings. The number of fused-ring (bicyclic) bond motifs is 1. The summed E-state index contributed by atoms with van der Waals surface area (Å²) in [6.07, 6.45) is 2.57. The number of carbonyl (C=O) groups is 1. The predicted octanol–water partition coefficient (Wildman–Crippen LogP) is 4.58. The molecule has 0 aliphatic carbocycles. The standard InChI is InChI=1S/C21H23ClFN3O3/c1-3-18-15-6-7-24-20(23)16(15)8-12(2)26(18)21(27)25-13-4-5-19(17(22)9-13)29-14-10-28-11-14/h4-7,9,12,14,18H,3,8,10-11H2,1-2H3,(H,25,27). The maximum absolute atomic E-state index is 14.2. The number of pyridine rings is 1. The molecule has 1 N–H and O–H groups in total. The lowest BCUT2D eigenvalue weighted by Gasteiger charge is -2.41. The van der Waals surface area contributed by atoms with Gasteiger partial charge in [-0.25, -0.2) is 9.78 Å². The van der Waals surface area contributed by atoms with Gasteiger partial charge >= 0.3 is 6.03 Å². The zero-order valence-electron chi connectivity index (χ0n) is 16.3. The third kappa shape index (κ3) is 3.89. The Labute approximate surface area is 174 Å². The van der Waals surface area contributed by atoms with E-state index in [0.29, 0.717) is 48.1 Å². The molecular formula is C21H23ClFN3O3. The Morgan fingerprint density at radius 1 is 1.41 bits per heavy atom. The Kier molecular flexibility index (Phi) is 5.61. The molecule has 0 bridgehead atoms. The lowest BCUT2D eigenvalue weighted by molar-refractivity contribution is -0.0796. The fourth-order valence-corrected chi connectivity index (χ4v) is 4.15. The number of anilines is 1. The maximum atomic E-state index is 14.2. The Bertz CT molecular complexity index is 922. The summed E-state index contributed by atoms with van der Waals surface area (Å²) in [5, 5.41) is 3.34. The van der Waals surface area contributed by atoms with Gasteiger partial charge in [0.25, 0.3) is 0 Å². The van der Waals surface area contributed by atoms with Crippen LogP contribution in [0.4, 0.5) is 14.9 Å². The van der Waals surface area contributed by atoms with Crippen LogP contribution >= 0.6 is 11.6 Å². The third-order valence-electron chi connectivity index (χ3n) is 5.41. The van der Waals surface area contributed by atoms with Gasteiger partial charge in [0.05, 0.1) is 24.3 Å². The van der Waals surface area contributed by atoms with Gasteiger partial charge in [-0.15, -0.1) is 0 Å². The quantitative estimate of drug-likeness (QED) is 0.736. The Morgan fingerprint density at radius 2 is 2.21 bits per heavy atom. The maximum Gasteiger partial charge on any atom is 0.322 e. The summed E-state index contributed by atoms with van der Waals surface area (Å²) >= 11 is 6.31. The first-order valence-electron chi connectivity index (χ1n) is 9.74. The van der Waals surface area contributed by atoms with Crippen molar-refractivity contribution in [1.29, 1.82) is 0 Å². The van der Waals surface area contributed by atoms with E-state index in [1.807, 2.05) is 13.8 Å². The Hall–Kier alpha value is -2.38. The van der Waals surface area contributed by atoms with E-state index in [-0.39, 0.29) is 24.2 Å². The van der Waals surface area contributed by atoms with Crippen LogP contribution in [0.3, 0.4) is 0 Å². The van der Waals surface area contributed by atoms with Crippen LogP contribution in [0.5, 0.6) is 5.75 Å². The van der Waals surface area contributed by atoms with Crippen LogP contribution in [-0.2, 0) is 11.2 Å². The lowest BCUT2D eigenvalue weighted by atomic mass is 9.89. The summed E-state index contributed by atoms with van der Waals surface area (Å²) in [5.41, 5.74) is 1.99. The monoisotopic (exact) mass is 419 g/mol. The van der Waals surface area contributed by atoms with E-state index in [0.717, 1.165) is 5.56 Å². The normalized spacial score (nSPS) is 21.3. The number of benzene rings is 1. The molecule has 6 nitrogen and oxygen atoms in total. The average Bonchev–Trinajstić information content (AvgIpc) is 2.65. The van der Waals surface area contributed by atoms with Gasteiger partial charge in [0, 0.05) is 23.5 Å². The molecule has 0 spiro atoms. The molecule has 2 amide bonds. The number of halogens is 2. The van der Waals surface area contributed by atoms with Gasteiger partial charge in [-0.1, -0.05) is 18.5 Å². The minimum atomic E-state index is -0.452. The average molecular weight is 420 g/mol. The van der Waals surface area contributed by atoms with E-state index in [1.54, 1.807) is 29.2 Å². The molecule has 2 aliphatic rings. The zero-order valence-corrected chi connectivity index (χ0v) is 17.1. The van der Waals surface area contributed by atoms with Crippen LogP contribution in [0.1, 0.15) is 37.4 Å². The summed E-state index contributed by atoms with van der Waals surface area (Å²) in [6.45, 7) is 5.01. The minimum absolute atomic E-state index is 0.0161. The molecule has 1 saturated heterocycles. The second-order valence-corrected chi connectivity index (χ2v) is 7.81. The van der Waals surface area contributed by atoms with E-state index in [2.05, 4.69) is 10.3 Å². The van der Waals surface area contributed by atoms with E-state index < -0.39 is 5.95 Å². The second kappa shape index (κ2) is 8.16. The molecule has 154 valence electrons. The molecule has 0 radical (unpaired) electrons. The summed E-state index contributed by atoms with van der Waals surface area (Å²) in [5.74, 6) is 0.111. The van der Waals surface area contributed by atoms with Crippen molar-refractivity contribution in [2.45, 2.75) is 44.9 Å². The second-order valence-electron chi connectivity index (χ2n) is 7.41. The van der Waals surface area contributed by atoms with Crippen LogP contribution in [0.15, 0.2) is 30.5 Å². The fourth-order valence-electron chi connectivity index (χ4n) is 3.93. The molecule has 2 aliphatic heterocycles. The highest BCUT2D eigenvalue weighted by Crippen LogP contribution is 2.37. The Balaban J connectivity index is 1.52. The first-order valence-corrected chi connectivity index (χ1v) is 10.1. The number of hydrogen-bond acceptors (Lipinski definition) is 4. The predicted molar refractivity (Wildman–Crippen MR) is 108 cm³/mol. The molecule has 8 heteroatoms. The smallest absolute Gasteiger partial charge is 0.322 e. The number of carbonyl (C=O) groups excluding carboxylic acids is 1. The topological polar surface area (TPSA) is 63.7 Å². The van der Waals surface area contributed by atoms with Crippen LogP contribution in [-0.4, -0.2) is 41.3 Å². The van der Waals surface area contributed by atoms with Gasteiger partial charge in [0.15, 0.2) is 0 Å². The number of hydrogen-bond donors (Lipinski definition) is 1. The summed E-state index contributed by atoms with van der Waals surface area (Å²) in [7, 11) is 0. The molecule has 29 heavy (non-hydrogen) atoms. The van der Waals surface area contributed by atoms with Gasteiger partial charge < -0.3 is 19.7 Å². The van der Waals surface area contributed by atoms with Gasteiger partial charge in [0.2, 0.25) is 5.95 Å². The molecule has 3 heterocycles. The largest absolute Gasteiger partial charge is 0.484 e. The Morgan fingerprint density at radius 3 is 2.86 bits per heavy atom. The highest BCUT2D eigenvalue weighted by atomic mass is 35.5. The minimum Gasteiger partial charge on any atom is -0.484 e. The molecule has 1 aromatic heterocycles.